The number of hydrogen-bond donors (Lipinski definition) is 0. The highest BCUT2D eigenvalue weighted by atomic mass is 35.5. The fourth-order valence-corrected chi connectivity index (χ4v) is 4.60. The number of ether oxygens (including phenoxy) is 1. The fourth-order valence-electron chi connectivity index (χ4n) is 2.45. The van der Waals surface area contributed by atoms with Gasteiger partial charge in [-0.25, -0.2) is 13.2 Å². The number of carbonyl (C=O) groups excluding carboxylic acids is 1. The Bertz CT molecular complexity index is 708. The predicted octanol–water partition coefficient (Wildman–Crippen LogP) is 3.20. The van der Waals surface area contributed by atoms with E-state index in [0.717, 1.165) is 4.90 Å². The molecule has 0 radical (unpaired) electrons. The molecule has 24 heavy (non-hydrogen) atoms. The van der Waals surface area contributed by atoms with Crippen LogP contribution >= 0.6 is 11.6 Å². The Labute approximate surface area is 142 Å². The lowest BCUT2D eigenvalue weighted by Gasteiger charge is -2.20. The predicted molar refractivity (Wildman–Crippen MR) is 81.6 cm³/mol. The third-order valence-corrected chi connectivity index (χ3v) is 6.06. The van der Waals surface area contributed by atoms with Gasteiger partial charge in [-0.3, -0.25) is 0 Å². The topological polar surface area (TPSA) is 63.7 Å². The second kappa shape index (κ2) is 7.18. The summed E-state index contributed by atoms with van der Waals surface area (Å²) in [4.78, 5) is 12.7. The zero-order valence-electron chi connectivity index (χ0n) is 12.4. The number of benzene rings is 1. The highest BCUT2D eigenvalue weighted by Gasteiger charge is 2.35. The molecule has 1 fully saturated rings. The first kappa shape index (κ1) is 18.9. The summed E-state index contributed by atoms with van der Waals surface area (Å²) in [5.41, 5.74) is 0.421. The highest BCUT2D eigenvalue weighted by molar-refractivity contribution is 7.91. The lowest BCUT2D eigenvalue weighted by atomic mass is 10.1. The molecule has 5 nitrogen and oxygen atoms in total. The second-order valence-electron chi connectivity index (χ2n) is 5.32. The van der Waals surface area contributed by atoms with Crippen molar-refractivity contribution < 1.29 is 31.1 Å². The number of halogens is 4. The van der Waals surface area contributed by atoms with Crippen molar-refractivity contribution in [2.24, 2.45) is 0 Å². The van der Waals surface area contributed by atoms with Gasteiger partial charge in [-0.15, -0.1) is 0 Å². The van der Waals surface area contributed by atoms with E-state index in [9.17, 15) is 26.4 Å². The van der Waals surface area contributed by atoms with Crippen LogP contribution in [0.2, 0.25) is 5.02 Å². The number of alkyl halides is 3. The SMILES string of the molecule is O=C(OCC(F)(F)F)N1CCC(c2ccccc2Cl)S(=O)(=O)CC1. The van der Waals surface area contributed by atoms with Crippen molar-refractivity contribution in [3.8, 4) is 0 Å². The number of hydrogen-bond acceptors (Lipinski definition) is 4. The van der Waals surface area contributed by atoms with Gasteiger partial charge in [-0.1, -0.05) is 29.8 Å². The Morgan fingerprint density at radius 3 is 2.58 bits per heavy atom. The summed E-state index contributed by atoms with van der Waals surface area (Å²) in [5.74, 6) is -0.371. The van der Waals surface area contributed by atoms with Gasteiger partial charge in [-0.2, -0.15) is 13.2 Å². The van der Waals surface area contributed by atoms with Crippen molar-refractivity contribution in [1.82, 2.24) is 4.90 Å². The molecule has 1 saturated heterocycles. The van der Waals surface area contributed by atoms with Gasteiger partial charge in [-0.05, 0) is 18.1 Å². The van der Waals surface area contributed by atoms with Gasteiger partial charge >= 0.3 is 12.3 Å². The molecular weight excluding hydrogens is 371 g/mol. The fraction of sp³-hybridized carbons (Fsp3) is 0.500. The molecule has 0 saturated carbocycles. The van der Waals surface area contributed by atoms with Crippen LogP contribution in [0.15, 0.2) is 24.3 Å². The van der Waals surface area contributed by atoms with E-state index in [-0.39, 0.29) is 25.3 Å². The molecule has 1 aromatic rings. The van der Waals surface area contributed by atoms with Crippen molar-refractivity contribution in [3.05, 3.63) is 34.9 Å². The summed E-state index contributed by atoms with van der Waals surface area (Å²) >= 11 is 6.04. The van der Waals surface area contributed by atoms with Crippen molar-refractivity contribution in [2.75, 3.05) is 25.4 Å². The Balaban J connectivity index is 2.12. The summed E-state index contributed by atoms with van der Waals surface area (Å²) in [6.07, 6.45) is -5.77. The van der Waals surface area contributed by atoms with Gasteiger partial charge in [0.25, 0.3) is 0 Å². The van der Waals surface area contributed by atoms with Gasteiger partial charge in [0.1, 0.15) is 0 Å². The highest BCUT2D eigenvalue weighted by Crippen LogP contribution is 2.34. The Hall–Kier alpha value is -1.48. The monoisotopic (exact) mass is 385 g/mol. The Kier molecular flexibility index (Phi) is 5.64. The first-order valence-electron chi connectivity index (χ1n) is 7.04. The van der Waals surface area contributed by atoms with E-state index in [1.54, 1.807) is 24.3 Å². The first-order chi connectivity index (χ1) is 11.1. The van der Waals surface area contributed by atoms with Crippen molar-refractivity contribution in [2.45, 2.75) is 17.8 Å². The van der Waals surface area contributed by atoms with Crippen LogP contribution in [0.25, 0.3) is 0 Å². The number of sulfone groups is 1. The maximum absolute atomic E-state index is 12.4. The summed E-state index contributed by atoms with van der Waals surface area (Å²) in [7, 11) is -3.60. The van der Waals surface area contributed by atoms with E-state index in [4.69, 9.17) is 11.6 Å². The van der Waals surface area contributed by atoms with Crippen LogP contribution in [0.3, 0.4) is 0 Å². The smallest absolute Gasteiger partial charge is 0.422 e. The second-order valence-corrected chi connectivity index (χ2v) is 8.03. The normalized spacial score (nSPS) is 21.2. The zero-order valence-corrected chi connectivity index (χ0v) is 14.0. The van der Waals surface area contributed by atoms with E-state index >= 15 is 0 Å². The van der Waals surface area contributed by atoms with E-state index in [1.807, 2.05) is 0 Å². The summed E-state index contributed by atoms with van der Waals surface area (Å²) < 4.78 is 65.3. The van der Waals surface area contributed by atoms with Gasteiger partial charge in [0, 0.05) is 18.1 Å². The zero-order chi connectivity index (χ0) is 18.0. The quantitative estimate of drug-likeness (QED) is 0.784. The molecule has 1 aliphatic rings. The third-order valence-electron chi connectivity index (χ3n) is 3.61. The van der Waals surface area contributed by atoms with Gasteiger partial charge in [0.15, 0.2) is 16.4 Å². The Morgan fingerprint density at radius 2 is 1.96 bits per heavy atom. The molecule has 1 atom stereocenters. The minimum Gasteiger partial charge on any atom is -0.440 e. The molecule has 10 heteroatoms. The van der Waals surface area contributed by atoms with Gasteiger partial charge in [0.05, 0.1) is 11.0 Å². The summed E-state index contributed by atoms with van der Waals surface area (Å²) in [6, 6.07) is 6.46. The van der Waals surface area contributed by atoms with E-state index in [1.165, 1.54) is 0 Å². The summed E-state index contributed by atoms with van der Waals surface area (Å²) in [5, 5.41) is -0.620. The molecule has 1 aliphatic heterocycles. The van der Waals surface area contributed by atoms with Crippen molar-refractivity contribution in [3.63, 3.8) is 0 Å². The molecule has 2 rings (SSSR count). The van der Waals surface area contributed by atoms with Crippen LogP contribution in [-0.4, -0.2) is 51.0 Å². The molecule has 0 spiro atoms. The van der Waals surface area contributed by atoms with E-state index in [2.05, 4.69) is 4.74 Å². The molecule has 0 aliphatic carbocycles. The third kappa shape index (κ3) is 4.76. The number of amides is 1. The molecule has 0 aromatic heterocycles. The standard InChI is InChI=1S/C14H15ClF3NO4S/c15-11-4-2-1-3-10(11)12-5-6-19(7-8-24(12,21)22)13(20)23-9-14(16,17)18/h1-4,12H,5-9H2. The largest absolute Gasteiger partial charge is 0.440 e. The van der Waals surface area contributed by atoms with Crippen molar-refractivity contribution in [1.29, 1.82) is 0 Å². The van der Waals surface area contributed by atoms with Crippen LogP contribution in [0.4, 0.5) is 18.0 Å². The maximum atomic E-state index is 12.4. The number of nitrogens with zero attached hydrogens (tertiary/aromatic N) is 1. The average molecular weight is 386 g/mol. The minimum atomic E-state index is -4.63. The van der Waals surface area contributed by atoms with Crippen molar-refractivity contribution >= 4 is 27.5 Å². The van der Waals surface area contributed by atoms with Crippen LogP contribution in [0.5, 0.6) is 0 Å². The van der Waals surface area contributed by atoms with E-state index < -0.39 is 34.0 Å². The molecule has 1 unspecified atom stereocenters. The van der Waals surface area contributed by atoms with Crippen LogP contribution < -0.4 is 0 Å². The first-order valence-corrected chi connectivity index (χ1v) is 9.14. The molecule has 1 aromatic carbocycles. The number of rotatable bonds is 2. The molecule has 1 amide bonds. The van der Waals surface area contributed by atoms with Crippen LogP contribution in [-0.2, 0) is 14.6 Å². The molecule has 0 bridgehead atoms. The lowest BCUT2D eigenvalue weighted by molar-refractivity contribution is -0.162. The van der Waals surface area contributed by atoms with E-state index in [0.29, 0.717) is 10.6 Å². The maximum Gasteiger partial charge on any atom is 0.422 e. The minimum absolute atomic E-state index is 0.0349. The van der Waals surface area contributed by atoms with Gasteiger partial charge < -0.3 is 9.64 Å². The summed E-state index contributed by atoms with van der Waals surface area (Å²) in [6.45, 7) is -1.96. The average Bonchev–Trinajstić information content (AvgIpc) is 2.63. The van der Waals surface area contributed by atoms with Crippen LogP contribution in [0, 0.1) is 0 Å². The molecule has 0 N–H and O–H groups in total. The van der Waals surface area contributed by atoms with Crippen LogP contribution in [0.1, 0.15) is 17.2 Å². The molecular formula is C14H15ClF3NO4S. The number of carbonyl (C=O) groups is 1. The lowest BCUT2D eigenvalue weighted by Crippen LogP contribution is -2.36. The molecule has 1 heterocycles. The van der Waals surface area contributed by atoms with Gasteiger partial charge in [0.2, 0.25) is 0 Å². The Morgan fingerprint density at radius 1 is 1.29 bits per heavy atom. The molecule has 134 valence electrons.